The van der Waals surface area contributed by atoms with Crippen LogP contribution in [0.1, 0.15) is 25.8 Å². The minimum absolute atomic E-state index is 0.0709. The molecule has 0 saturated carbocycles. The lowest BCUT2D eigenvalue weighted by Crippen LogP contribution is -2.49. The molecule has 0 bridgehead atoms. The molecule has 0 spiro atoms. The van der Waals surface area contributed by atoms with Crippen LogP contribution in [0.4, 0.5) is 15.8 Å². The van der Waals surface area contributed by atoms with E-state index in [4.69, 9.17) is 0 Å². The summed E-state index contributed by atoms with van der Waals surface area (Å²) in [5.74, 6) is -0.584. The number of para-hydroxylation sites is 1. The summed E-state index contributed by atoms with van der Waals surface area (Å²) in [6.07, 6.45) is 0.497. The number of piperazine rings is 1. The SMILES string of the molecule is CC(=O)N1CCc2cc(S(=O)(=O)[C@H](C)CC(=O)N3CCN(c4ccccc4F)CC3)ccc21. The molecule has 0 aromatic heterocycles. The number of nitrogens with zero attached hydrogens (tertiary/aromatic N) is 3. The Morgan fingerprint density at radius 2 is 1.70 bits per heavy atom. The summed E-state index contributed by atoms with van der Waals surface area (Å²) in [7, 11) is -3.70. The van der Waals surface area contributed by atoms with Gasteiger partial charge < -0.3 is 14.7 Å². The van der Waals surface area contributed by atoms with E-state index in [1.807, 2.05) is 4.90 Å². The Kier molecular flexibility index (Phi) is 6.43. The summed E-state index contributed by atoms with van der Waals surface area (Å²) in [6.45, 7) is 5.40. The van der Waals surface area contributed by atoms with Gasteiger partial charge in [-0.15, -0.1) is 0 Å². The van der Waals surface area contributed by atoms with Crippen molar-refractivity contribution >= 4 is 33.0 Å². The largest absolute Gasteiger partial charge is 0.366 e. The Balaban J connectivity index is 1.39. The number of hydrogen-bond donors (Lipinski definition) is 0. The number of hydrogen-bond acceptors (Lipinski definition) is 5. The number of anilines is 2. The van der Waals surface area contributed by atoms with Crippen LogP contribution in [0.25, 0.3) is 0 Å². The van der Waals surface area contributed by atoms with Gasteiger partial charge in [-0.2, -0.15) is 0 Å². The quantitative estimate of drug-likeness (QED) is 0.667. The molecule has 1 fully saturated rings. The second-order valence-electron chi connectivity index (χ2n) is 8.59. The van der Waals surface area contributed by atoms with Gasteiger partial charge in [0.15, 0.2) is 9.84 Å². The van der Waals surface area contributed by atoms with E-state index in [0.29, 0.717) is 44.8 Å². The van der Waals surface area contributed by atoms with Gasteiger partial charge in [0.1, 0.15) is 5.82 Å². The fraction of sp³-hybridized carbons (Fsp3) is 0.417. The van der Waals surface area contributed by atoms with E-state index in [-0.39, 0.29) is 28.9 Å². The number of halogens is 1. The van der Waals surface area contributed by atoms with Crippen LogP contribution in [-0.4, -0.2) is 63.1 Å². The lowest BCUT2D eigenvalue weighted by Gasteiger charge is -2.36. The van der Waals surface area contributed by atoms with Crippen molar-refractivity contribution in [2.75, 3.05) is 42.5 Å². The van der Waals surface area contributed by atoms with E-state index in [1.165, 1.54) is 19.1 Å². The number of amides is 2. The summed E-state index contributed by atoms with van der Waals surface area (Å²) in [4.78, 5) is 29.9. The monoisotopic (exact) mass is 473 g/mol. The molecule has 1 saturated heterocycles. The van der Waals surface area contributed by atoms with Gasteiger partial charge in [-0.25, -0.2) is 12.8 Å². The van der Waals surface area contributed by atoms with Crippen LogP contribution in [-0.2, 0) is 25.8 Å². The van der Waals surface area contributed by atoms with Crippen molar-refractivity contribution in [3.8, 4) is 0 Å². The van der Waals surface area contributed by atoms with Crippen LogP contribution in [0.15, 0.2) is 47.4 Å². The fourth-order valence-electron chi connectivity index (χ4n) is 4.50. The highest BCUT2D eigenvalue weighted by Crippen LogP contribution is 2.32. The molecule has 9 heteroatoms. The van der Waals surface area contributed by atoms with Crippen LogP contribution in [0.5, 0.6) is 0 Å². The highest BCUT2D eigenvalue weighted by molar-refractivity contribution is 7.92. The standard InChI is InChI=1S/C24H28FN3O4S/c1-17(33(31,32)20-7-8-22-19(16-20)9-10-28(22)18(2)29)15-24(30)27-13-11-26(12-14-27)23-6-4-3-5-21(23)25/h3-8,16-17H,9-15H2,1-2H3/t17-/m1/s1. The molecule has 2 aliphatic rings. The van der Waals surface area contributed by atoms with Crippen molar-refractivity contribution in [1.29, 1.82) is 0 Å². The molecule has 2 heterocycles. The molecule has 33 heavy (non-hydrogen) atoms. The number of carbonyl (C=O) groups is 2. The zero-order valence-corrected chi connectivity index (χ0v) is 19.6. The Labute approximate surface area is 193 Å². The highest BCUT2D eigenvalue weighted by Gasteiger charge is 2.31. The molecule has 1 atom stereocenters. The van der Waals surface area contributed by atoms with Crippen molar-refractivity contribution in [2.24, 2.45) is 0 Å². The molecule has 2 aromatic rings. The lowest BCUT2D eigenvalue weighted by atomic mass is 10.2. The molecular weight excluding hydrogens is 445 g/mol. The Morgan fingerprint density at radius 1 is 1.00 bits per heavy atom. The molecule has 2 aliphatic heterocycles. The average Bonchev–Trinajstić information content (AvgIpc) is 3.23. The van der Waals surface area contributed by atoms with Crippen molar-refractivity contribution in [2.45, 2.75) is 36.8 Å². The van der Waals surface area contributed by atoms with Crippen molar-refractivity contribution in [3.05, 3.63) is 53.8 Å². The summed E-state index contributed by atoms with van der Waals surface area (Å²) in [5.41, 5.74) is 2.09. The van der Waals surface area contributed by atoms with Gasteiger partial charge >= 0.3 is 0 Å². The topological polar surface area (TPSA) is 78.0 Å². The van der Waals surface area contributed by atoms with Crippen LogP contribution in [0, 0.1) is 5.82 Å². The van der Waals surface area contributed by atoms with Crippen LogP contribution in [0.3, 0.4) is 0 Å². The Morgan fingerprint density at radius 3 is 2.36 bits per heavy atom. The first kappa shape index (κ1) is 23.2. The maximum absolute atomic E-state index is 14.0. The van der Waals surface area contributed by atoms with E-state index < -0.39 is 15.1 Å². The van der Waals surface area contributed by atoms with E-state index in [0.717, 1.165) is 11.3 Å². The van der Waals surface area contributed by atoms with Crippen LogP contribution >= 0.6 is 0 Å². The van der Waals surface area contributed by atoms with Gasteiger partial charge in [-0.3, -0.25) is 9.59 Å². The maximum atomic E-state index is 14.0. The maximum Gasteiger partial charge on any atom is 0.224 e. The van der Waals surface area contributed by atoms with E-state index in [9.17, 15) is 22.4 Å². The smallest absolute Gasteiger partial charge is 0.224 e. The second kappa shape index (κ2) is 9.13. The Hall–Kier alpha value is -2.94. The molecule has 2 aromatic carbocycles. The Bertz CT molecular complexity index is 1180. The molecule has 0 N–H and O–H groups in total. The molecule has 2 amide bonds. The van der Waals surface area contributed by atoms with E-state index in [1.54, 1.807) is 47.1 Å². The zero-order valence-electron chi connectivity index (χ0n) is 18.8. The molecule has 0 radical (unpaired) electrons. The number of carbonyl (C=O) groups excluding carboxylic acids is 2. The van der Waals surface area contributed by atoms with E-state index in [2.05, 4.69) is 0 Å². The third-order valence-electron chi connectivity index (χ3n) is 6.47. The first-order chi connectivity index (χ1) is 15.7. The van der Waals surface area contributed by atoms with Gasteiger partial charge in [0.2, 0.25) is 11.8 Å². The molecule has 0 aliphatic carbocycles. The van der Waals surface area contributed by atoms with E-state index >= 15 is 0 Å². The zero-order chi connectivity index (χ0) is 23.8. The first-order valence-corrected chi connectivity index (χ1v) is 12.7. The molecule has 7 nitrogen and oxygen atoms in total. The predicted octanol–water partition coefficient (Wildman–Crippen LogP) is 2.64. The van der Waals surface area contributed by atoms with Crippen molar-refractivity contribution in [3.63, 3.8) is 0 Å². The van der Waals surface area contributed by atoms with Crippen molar-refractivity contribution < 1.29 is 22.4 Å². The van der Waals surface area contributed by atoms with Gasteiger partial charge in [-0.05, 0) is 49.2 Å². The van der Waals surface area contributed by atoms with Crippen LogP contribution < -0.4 is 9.80 Å². The minimum atomic E-state index is -3.70. The van der Waals surface area contributed by atoms with Gasteiger partial charge in [0, 0.05) is 51.8 Å². The van der Waals surface area contributed by atoms with Gasteiger partial charge in [0.05, 0.1) is 15.8 Å². The summed E-state index contributed by atoms with van der Waals surface area (Å²) in [5, 5.41) is -0.877. The molecule has 176 valence electrons. The molecule has 0 unspecified atom stereocenters. The summed E-state index contributed by atoms with van der Waals surface area (Å²) < 4.78 is 40.3. The van der Waals surface area contributed by atoms with Crippen molar-refractivity contribution in [1.82, 2.24) is 4.90 Å². The highest BCUT2D eigenvalue weighted by atomic mass is 32.2. The normalized spacial score (nSPS) is 17.1. The first-order valence-electron chi connectivity index (χ1n) is 11.1. The third kappa shape index (κ3) is 4.59. The number of fused-ring (bicyclic) bond motifs is 1. The predicted molar refractivity (Wildman–Crippen MR) is 125 cm³/mol. The summed E-state index contributed by atoms with van der Waals surface area (Å²) >= 11 is 0. The van der Waals surface area contributed by atoms with Crippen LogP contribution in [0.2, 0.25) is 0 Å². The second-order valence-corrected chi connectivity index (χ2v) is 11.0. The number of benzene rings is 2. The average molecular weight is 474 g/mol. The fourth-order valence-corrected chi connectivity index (χ4v) is 5.90. The molecular formula is C24H28FN3O4S. The summed E-state index contributed by atoms with van der Waals surface area (Å²) in [6, 6.07) is 11.4. The molecule has 4 rings (SSSR count). The number of sulfone groups is 1. The van der Waals surface area contributed by atoms with Gasteiger partial charge in [0.25, 0.3) is 0 Å². The third-order valence-corrected chi connectivity index (χ3v) is 8.61. The van der Waals surface area contributed by atoms with Gasteiger partial charge in [-0.1, -0.05) is 12.1 Å². The minimum Gasteiger partial charge on any atom is -0.366 e. The number of rotatable bonds is 5. The lowest BCUT2D eigenvalue weighted by molar-refractivity contribution is -0.131.